The average Bonchev–Trinajstić information content (AvgIpc) is 3.12. The molecule has 4 rings (SSSR count). The minimum Gasteiger partial charge on any atom is -0.493 e. The number of Topliss-reactive ketones (excluding diaryl/α,β-unsaturated/α-hetero) is 1. The van der Waals surface area contributed by atoms with Gasteiger partial charge in [0.25, 0.3) is 5.91 Å². The molecule has 0 radical (unpaired) electrons. The summed E-state index contributed by atoms with van der Waals surface area (Å²) in [5.74, 6) is -2.62. The van der Waals surface area contributed by atoms with Crippen LogP contribution < -0.4 is 19.5 Å². The molecule has 0 aliphatic carbocycles. The second-order valence-electron chi connectivity index (χ2n) is 9.93. The van der Waals surface area contributed by atoms with Gasteiger partial charge >= 0.3 is 5.97 Å². The number of nitrogens with one attached hydrogen (secondary N) is 2. The third kappa shape index (κ3) is 4.68. The number of carboxylic acids is 1. The van der Waals surface area contributed by atoms with Gasteiger partial charge in [0.05, 0.1) is 38.4 Å². The van der Waals surface area contributed by atoms with Gasteiger partial charge in [-0.2, -0.15) is 0 Å². The van der Waals surface area contributed by atoms with Crippen molar-refractivity contribution in [3.63, 3.8) is 0 Å². The number of benzene rings is 2. The Morgan fingerprint density at radius 3 is 2.54 bits per heavy atom. The van der Waals surface area contributed by atoms with Gasteiger partial charge in [0.2, 0.25) is 0 Å². The monoisotopic (exact) mass is 513 g/mol. The number of nitrogens with zero attached hydrogens (tertiary/aromatic N) is 1. The summed E-state index contributed by atoms with van der Waals surface area (Å²) in [6.45, 7) is 5.62. The second-order valence-corrected chi connectivity index (χ2v) is 9.93. The maximum Gasteiger partial charge on any atom is 0.307 e. The Balaban J connectivity index is 1.65. The van der Waals surface area contributed by atoms with Crippen molar-refractivity contribution in [1.82, 2.24) is 4.90 Å². The van der Waals surface area contributed by atoms with Crippen molar-refractivity contribution in [2.75, 3.05) is 26.1 Å². The number of halogens is 1. The van der Waals surface area contributed by atoms with Crippen molar-refractivity contribution in [1.29, 1.82) is 5.41 Å². The molecule has 0 aromatic heterocycles. The van der Waals surface area contributed by atoms with Crippen LogP contribution in [-0.4, -0.2) is 60.4 Å². The molecule has 1 unspecified atom stereocenters. The predicted molar refractivity (Wildman–Crippen MR) is 132 cm³/mol. The van der Waals surface area contributed by atoms with Gasteiger partial charge in [-0.1, -0.05) is 20.8 Å². The number of carboxylic acid groups (broad SMARTS) is 1. The first-order valence-corrected chi connectivity index (χ1v) is 11.5. The van der Waals surface area contributed by atoms with E-state index in [1.807, 2.05) is 20.8 Å². The number of amides is 1. The fourth-order valence-corrected chi connectivity index (χ4v) is 4.49. The molecule has 1 atom stereocenters. The Labute approximate surface area is 212 Å². The predicted octanol–water partition coefficient (Wildman–Crippen LogP) is 3.34. The lowest BCUT2D eigenvalue weighted by Gasteiger charge is -2.31. The lowest BCUT2D eigenvalue weighted by molar-refractivity contribution is -0.142. The van der Waals surface area contributed by atoms with Crippen LogP contribution in [0.15, 0.2) is 18.2 Å². The van der Waals surface area contributed by atoms with Crippen LogP contribution in [0.5, 0.6) is 17.2 Å². The highest BCUT2D eigenvalue weighted by Crippen LogP contribution is 2.42. The van der Waals surface area contributed by atoms with Crippen LogP contribution in [0.3, 0.4) is 0 Å². The Kier molecular flexibility index (Phi) is 6.57. The number of hydrogen-bond donors (Lipinski definition) is 3. The van der Waals surface area contributed by atoms with E-state index in [2.05, 4.69) is 5.32 Å². The van der Waals surface area contributed by atoms with Gasteiger partial charge in [0, 0.05) is 17.7 Å². The Hall–Kier alpha value is -4.15. The Bertz CT molecular complexity index is 1330. The summed E-state index contributed by atoms with van der Waals surface area (Å²) in [6.07, 6.45) is -1.70. The third-order valence-corrected chi connectivity index (χ3v) is 6.33. The molecule has 0 saturated carbocycles. The van der Waals surface area contributed by atoms with Crippen LogP contribution >= 0.6 is 0 Å². The van der Waals surface area contributed by atoms with E-state index in [-0.39, 0.29) is 53.0 Å². The molecule has 1 amide bonds. The number of rotatable bonds is 7. The molecule has 196 valence electrons. The van der Waals surface area contributed by atoms with Crippen molar-refractivity contribution < 1.29 is 38.1 Å². The number of fused-ring (bicyclic) bond motifs is 2. The largest absolute Gasteiger partial charge is 0.493 e. The molecule has 0 saturated heterocycles. The van der Waals surface area contributed by atoms with Crippen LogP contribution in [0.1, 0.15) is 54.2 Å². The summed E-state index contributed by atoms with van der Waals surface area (Å²) in [5.41, 5.74) is 1.19. The molecule has 2 aliphatic rings. The van der Waals surface area contributed by atoms with Gasteiger partial charge in [0.1, 0.15) is 11.6 Å². The van der Waals surface area contributed by atoms with E-state index in [0.717, 1.165) is 0 Å². The summed E-state index contributed by atoms with van der Waals surface area (Å²) in [7, 11) is 2.70. The molecule has 10 nitrogen and oxygen atoms in total. The maximum absolute atomic E-state index is 15.1. The fourth-order valence-electron chi connectivity index (χ4n) is 4.49. The zero-order chi connectivity index (χ0) is 27.2. The van der Waals surface area contributed by atoms with Crippen LogP contribution in [-0.2, 0) is 21.5 Å². The van der Waals surface area contributed by atoms with Crippen molar-refractivity contribution in [2.24, 2.45) is 0 Å². The zero-order valence-electron chi connectivity index (χ0n) is 21.2. The average molecular weight is 514 g/mol. The van der Waals surface area contributed by atoms with Crippen molar-refractivity contribution in [2.45, 2.75) is 45.3 Å². The number of ketones is 1. The SMILES string of the molecule is COc1cc2c(c(F)c1OC)C(=N)N(CC(=O)c1cc3c(c(C(C)(C)C)c1)OC(CC(=O)O)C(=O)N3)C2. The quantitative estimate of drug-likeness (QED) is 0.479. The molecule has 0 fully saturated rings. The number of aliphatic carboxylic acids is 1. The van der Waals surface area contributed by atoms with E-state index in [0.29, 0.717) is 16.9 Å². The molecule has 2 aliphatic heterocycles. The van der Waals surface area contributed by atoms with Gasteiger partial charge in [-0.15, -0.1) is 0 Å². The van der Waals surface area contributed by atoms with E-state index in [1.165, 1.54) is 25.2 Å². The fraction of sp³-hybridized carbons (Fsp3) is 0.385. The number of ether oxygens (including phenoxy) is 3. The first-order valence-electron chi connectivity index (χ1n) is 11.5. The van der Waals surface area contributed by atoms with Crippen molar-refractivity contribution in [3.8, 4) is 17.2 Å². The number of anilines is 1. The summed E-state index contributed by atoms with van der Waals surface area (Å²) in [5, 5.41) is 20.3. The molecule has 2 heterocycles. The van der Waals surface area contributed by atoms with E-state index in [9.17, 15) is 14.4 Å². The number of carbonyl (C=O) groups is 3. The number of carbonyl (C=O) groups excluding carboxylic acids is 2. The lowest BCUT2D eigenvalue weighted by atomic mass is 9.84. The van der Waals surface area contributed by atoms with Crippen LogP contribution in [0, 0.1) is 11.2 Å². The molecule has 2 aromatic carbocycles. The molecular formula is C26H28FN3O7. The Morgan fingerprint density at radius 1 is 1.24 bits per heavy atom. The highest BCUT2D eigenvalue weighted by atomic mass is 19.1. The summed E-state index contributed by atoms with van der Waals surface area (Å²) < 4.78 is 31.2. The van der Waals surface area contributed by atoms with Gasteiger partial charge in [-0.05, 0) is 29.2 Å². The highest BCUT2D eigenvalue weighted by Gasteiger charge is 2.36. The molecule has 0 spiro atoms. The number of hydrogen-bond acceptors (Lipinski definition) is 7. The third-order valence-electron chi connectivity index (χ3n) is 6.33. The van der Waals surface area contributed by atoms with Crippen LogP contribution in [0.2, 0.25) is 0 Å². The van der Waals surface area contributed by atoms with Crippen molar-refractivity contribution in [3.05, 3.63) is 46.3 Å². The minimum absolute atomic E-state index is 0.0522. The molecule has 2 aromatic rings. The van der Waals surface area contributed by atoms with E-state index < -0.39 is 35.6 Å². The molecule has 11 heteroatoms. The van der Waals surface area contributed by atoms with E-state index in [4.69, 9.17) is 24.7 Å². The van der Waals surface area contributed by atoms with Gasteiger partial charge < -0.3 is 29.5 Å². The highest BCUT2D eigenvalue weighted by molar-refractivity contribution is 6.07. The molecule has 0 bridgehead atoms. The van der Waals surface area contributed by atoms with E-state index in [1.54, 1.807) is 12.1 Å². The maximum atomic E-state index is 15.1. The Morgan fingerprint density at radius 2 is 1.95 bits per heavy atom. The second kappa shape index (κ2) is 9.38. The number of amidine groups is 1. The first-order chi connectivity index (χ1) is 17.3. The van der Waals surface area contributed by atoms with Gasteiger partial charge in [-0.25, -0.2) is 4.39 Å². The molecule has 3 N–H and O–H groups in total. The normalized spacial score (nSPS) is 16.5. The summed E-state index contributed by atoms with van der Waals surface area (Å²) in [6, 6.07) is 4.71. The summed E-state index contributed by atoms with van der Waals surface area (Å²) >= 11 is 0. The van der Waals surface area contributed by atoms with Crippen LogP contribution in [0.4, 0.5) is 10.1 Å². The van der Waals surface area contributed by atoms with Gasteiger partial charge in [0.15, 0.2) is 29.2 Å². The minimum atomic E-state index is -1.19. The first kappa shape index (κ1) is 25.9. The molecular weight excluding hydrogens is 485 g/mol. The van der Waals surface area contributed by atoms with Crippen LogP contribution in [0.25, 0.3) is 0 Å². The smallest absolute Gasteiger partial charge is 0.307 e. The van der Waals surface area contributed by atoms with E-state index >= 15 is 4.39 Å². The summed E-state index contributed by atoms with van der Waals surface area (Å²) in [4.78, 5) is 38.4. The standard InChI is InChI=1S/C26H28FN3O7/c1-26(2,3)14-6-12(7-15-22(14)37-18(9-19(32)33)25(34)29-15)16(31)11-30-10-13-8-17(35-4)23(36-5)21(27)20(13)24(30)28/h6-8,18,28H,9-11H2,1-5H3,(H,29,34)(H,32,33). The molecule has 37 heavy (non-hydrogen) atoms. The zero-order valence-corrected chi connectivity index (χ0v) is 21.2. The number of methoxy groups -OCH3 is 2. The van der Waals surface area contributed by atoms with Gasteiger partial charge in [-0.3, -0.25) is 19.8 Å². The topological polar surface area (TPSA) is 138 Å². The lowest BCUT2D eigenvalue weighted by Crippen LogP contribution is -2.39. The van der Waals surface area contributed by atoms with Crippen molar-refractivity contribution >= 4 is 29.2 Å².